The molecule has 0 aliphatic heterocycles. The van der Waals surface area contributed by atoms with Crippen molar-refractivity contribution >= 4 is 0 Å². The van der Waals surface area contributed by atoms with Crippen molar-refractivity contribution in [2.45, 2.75) is 25.3 Å². The maximum Gasteiger partial charge on any atom is 0.0303 e. The van der Waals surface area contributed by atoms with Gasteiger partial charge < -0.3 is 5.73 Å². The highest BCUT2D eigenvalue weighted by atomic mass is 14.7. The van der Waals surface area contributed by atoms with Gasteiger partial charge in [0.2, 0.25) is 0 Å². The predicted octanol–water partition coefficient (Wildman–Crippen LogP) is 1.20. The van der Waals surface area contributed by atoms with Crippen LogP contribution in [0.2, 0.25) is 0 Å². The lowest BCUT2D eigenvalue weighted by Gasteiger charge is -1.97. The van der Waals surface area contributed by atoms with Gasteiger partial charge in [-0.2, -0.15) is 0 Å². The molecule has 0 aromatic carbocycles. The molecule has 1 aromatic heterocycles. The Morgan fingerprint density at radius 2 is 2.27 bits per heavy atom. The maximum absolute atomic E-state index is 5.72. The van der Waals surface area contributed by atoms with Crippen LogP contribution in [0.25, 0.3) is 0 Å². The number of aromatic nitrogens is 1. The fourth-order valence-electron chi connectivity index (χ4n) is 1.38. The van der Waals surface area contributed by atoms with E-state index in [1.54, 1.807) is 0 Å². The van der Waals surface area contributed by atoms with Crippen molar-refractivity contribution in [3.63, 3.8) is 0 Å². The molecule has 2 nitrogen and oxygen atoms in total. The largest absolute Gasteiger partial charge is 0.327 e. The van der Waals surface area contributed by atoms with Gasteiger partial charge in [0.1, 0.15) is 0 Å². The summed E-state index contributed by atoms with van der Waals surface area (Å²) in [4.78, 5) is 4.12. The molecule has 1 aliphatic carbocycles. The fraction of sp³-hybridized carbons (Fsp3) is 0.444. The molecular formula is C9H12N2. The summed E-state index contributed by atoms with van der Waals surface area (Å²) >= 11 is 0. The van der Waals surface area contributed by atoms with E-state index in [9.17, 15) is 0 Å². The van der Waals surface area contributed by atoms with Crippen LogP contribution in [0.4, 0.5) is 0 Å². The van der Waals surface area contributed by atoms with Crippen LogP contribution in [-0.2, 0) is 0 Å². The van der Waals surface area contributed by atoms with E-state index in [1.165, 1.54) is 11.1 Å². The van der Waals surface area contributed by atoms with Gasteiger partial charge >= 0.3 is 0 Å². The Labute approximate surface area is 66.4 Å². The highest BCUT2D eigenvalue weighted by molar-refractivity contribution is 5.27. The van der Waals surface area contributed by atoms with E-state index in [-0.39, 0.29) is 0 Å². The van der Waals surface area contributed by atoms with Crippen LogP contribution in [0.5, 0.6) is 0 Å². The zero-order valence-corrected chi connectivity index (χ0v) is 6.62. The number of rotatable bonds is 1. The van der Waals surface area contributed by atoms with Gasteiger partial charge in [0.05, 0.1) is 0 Å². The van der Waals surface area contributed by atoms with E-state index in [4.69, 9.17) is 5.73 Å². The van der Waals surface area contributed by atoms with Crippen LogP contribution in [0, 0.1) is 6.92 Å². The molecule has 11 heavy (non-hydrogen) atoms. The van der Waals surface area contributed by atoms with Crippen LogP contribution in [-0.4, -0.2) is 11.0 Å². The van der Waals surface area contributed by atoms with Crippen molar-refractivity contribution in [1.82, 2.24) is 4.98 Å². The molecule has 1 saturated carbocycles. The summed E-state index contributed by atoms with van der Waals surface area (Å²) in [6, 6.07) is 2.56. The van der Waals surface area contributed by atoms with Gasteiger partial charge in [0, 0.05) is 24.4 Å². The summed E-state index contributed by atoms with van der Waals surface area (Å²) in [6.45, 7) is 2.06. The SMILES string of the molecule is Cc1cncc(C2CC2N)c1. The third-order valence-electron chi connectivity index (χ3n) is 2.16. The van der Waals surface area contributed by atoms with Crippen LogP contribution in [0.1, 0.15) is 23.5 Å². The van der Waals surface area contributed by atoms with Crippen molar-refractivity contribution in [2.75, 3.05) is 0 Å². The smallest absolute Gasteiger partial charge is 0.0303 e. The van der Waals surface area contributed by atoms with Crippen LogP contribution in [0.3, 0.4) is 0 Å². The first-order valence-electron chi connectivity index (χ1n) is 3.94. The van der Waals surface area contributed by atoms with E-state index in [0.29, 0.717) is 12.0 Å². The monoisotopic (exact) mass is 148 g/mol. The highest BCUT2D eigenvalue weighted by Crippen LogP contribution is 2.38. The third kappa shape index (κ3) is 1.26. The van der Waals surface area contributed by atoms with Gasteiger partial charge in [-0.15, -0.1) is 0 Å². The molecule has 58 valence electrons. The molecule has 0 spiro atoms. The van der Waals surface area contributed by atoms with Gasteiger partial charge in [0.15, 0.2) is 0 Å². The zero-order chi connectivity index (χ0) is 7.84. The minimum Gasteiger partial charge on any atom is -0.327 e. The topological polar surface area (TPSA) is 38.9 Å². The summed E-state index contributed by atoms with van der Waals surface area (Å²) in [5.74, 6) is 0.586. The van der Waals surface area contributed by atoms with Crippen molar-refractivity contribution in [3.05, 3.63) is 29.6 Å². The standard InChI is InChI=1S/C9H12N2/c1-6-2-7(5-11-4-6)8-3-9(8)10/h2,4-5,8-9H,3,10H2,1H3. The van der Waals surface area contributed by atoms with Crippen molar-refractivity contribution < 1.29 is 0 Å². The molecule has 0 bridgehead atoms. The summed E-state index contributed by atoms with van der Waals surface area (Å²) in [5.41, 5.74) is 8.25. The quantitative estimate of drug-likeness (QED) is 0.650. The fourth-order valence-corrected chi connectivity index (χ4v) is 1.38. The molecule has 2 rings (SSSR count). The van der Waals surface area contributed by atoms with E-state index in [1.807, 2.05) is 12.4 Å². The molecule has 1 fully saturated rings. The number of hydrogen-bond acceptors (Lipinski definition) is 2. The Kier molecular flexibility index (Phi) is 1.43. The lowest BCUT2D eigenvalue weighted by atomic mass is 10.1. The molecule has 1 heterocycles. The van der Waals surface area contributed by atoms with Gasteiger partial charge in [-0.05, 0) is 24.5 Å². The molecule has 1 aromatic rings. The van der Waals surface area contributed by atoms with Crippen LogP contribution < -0.4 is 5.73 Å². The third-order valence-corrected chi connectivity index (χ3v) is 2.16. The average Bonchev–Trinajstić information content (AvgIpc) is 2.67. The van der Waals surface area contributed by atoms with Gasteiger partial charge in [-0.25, -0.2) is 0 Å². The molecule has 2 heteroatoms. The van der Waals surface area contributed by atoms with Crippen molar-refractivity contribution in [1.29, 1.82) is 0 Å². The average molecular weight is 148 g/mol. The second-order valence-corrected chi connectivity index (χ2v) is 3.30. The Morgan fingerprint density at radius 1 is 1.55 bits per heavy atom. The Hall–Kier alpha value is -0.890. The lowest BCUT2D eigenvalue weighted by Crippen LogP contribution is -2.01. The summed E-state index contributed by atoms with van der Waals surface area (Å²) in [7, 11) is 0. The number of pyridine rings is 1. The zero-order valence-electron chi connectivity index (χ0n) is 6.62. The van der Waals surface area contributed by atoms with Crippen molar-refractivity contribution in [2.24, 2.45) is 5.73 Å². The Morgan fingerprint density at radius 3 is 2.82 bits per heavy atom. The number of nitrogens with zero attached hydrogens (tertiary/aromatic N) is 1. The van der Waals surface area contributed by atoms with E-state index < -0.39 is 0 Å². The minimum atomic E-state index is 0.388. The number of nitrogens with two attached hydrogens (primary N) is 1. The van der Waals surface area contributed by atoms with Gasteiger partial charge in [-0.1, -0.05) is 6.07 Å². The van der Waals surface area contributed by atoms with E-state index in [0.717, 1.165) is 6.42 Å². The number of hydrogen-bond donors (Lipinski definition) is 1. The first-order valence-corrected chi connectivity index (χ1v) is 3.94. The molecule has 0 amide bonds. The second-order valence-electron chi connectivity index (χ2n) is 3.30. The first kappa shape index (κ1) is 6.80. The summed E-state index contributed by atoms with van der Waals surface area (Å²) in [5, 5.41) is 0. The first-order chi connectivity index (χ1) is 5.27. The van der Waals surface area contributed by atoms with Gasteiger partial charge in [-0.3, -0.25) is 4.98 Å². The van der Waals surface area contributed by atoms with Gasteiger partial charge in [0.25, 0.3) is 0 Å². The molecular weight excluding hydrogens is 136 g/mol. The van der Waals surface area contributed by atoms with Crippen LogP contribution >= 0.6 is 0 Å². The molecule has 2 N–H and O–H groups in total. The Balaban J connectivity index is 2.25. The molecule has 0 radical (unpaired) electrons. The molecule has 0 saturated heterocycles. The normalized spacial score (nSPS) is 28.5. The summed E-state index contributed by atoms with van der Waals surface area (Å²) < 4.78 is 0. The predicted molar refractivity (Wildman–Crippen MR) is 44.3 cm³/mol. The molecule has 2 unspecified atom stereocenters. The van der Waals surface area contributed by atoms with Crippen LogP contribution in [0.15, 0.2) is 18.5 Å². The highest BCUT2D eigenvalue weighted by Gasteiger charge is 2.34. The van der Waals surface area contributed by atoms with E-state index >= 15 is 0 Å². The number of aryl methyl sites for hydroxylation is 1. The molecule has 1 aliphatic rings. The van der Waals surface area contributed by atoms with E-state index in [2.05, 4.69) is 18.0 Å². The maximum atomic E-state index is 5.72. The minimum absolute atomic E-state index is 0.388. The summed E-state index contributed by atoms with van der Waals surface area (Å²) in [6.07, 6.45) is 4.92. The lowest BCUT2D eigenvalue weighted by molar-refractivity contribution is 0.977. The van der Waals surface area contributed by atoms with Crippen molar-refractivity contribution in [3.8, 4) is 0 Å². The molecule has 2 atom stereocenters. The second kappa shape index (κ2) is 2.31. The Bertz CT molecular complexity index is 270.